The number of likely N-dealkylation sites (N-methyl/N-ethyl adjacent to an activating group) is 1. The van der Waals surface area contributed by atoms with Crippen molar-refractivity contribution in [3.05, 3.63) is 67.6 Å². The van der Waals surface area contributed by atoms with Gasteiger partial charge in [-0.15, -0.1) is 0 Å². The molecule has 1 saturated carbocycles. The van der Waals surface area contributed by atoms with E-state index in [-0.39, 0.29) is 30.1 Å². The number of nitrogens with zero attached hydrogens (tertiary/aromatic N) is 4. The van der Waals surface area contributed by atoms with Crippen molar-refractivity contribution in [2.24, 2.45) is 0 Å². The van der Waals surface area contributed by atoms with Crippen molar-refractivity contribution in [3.8, 4) is 5.75 Å². The van der Waals surface area contributed by atoms with Crippen LogP contribution in [0.4, 0.5) is 5.69 Å². The summed E-state index contributed by atoms with van der Waals surface area (Å²) in [4.78, 5) is 47.0. The summed E-state index contributed by atoms with van der Waals surface area (Å²) in [6.07, 6.45) is 3.52. The molecule has 1 saturated heterocycles. The lowest BCUT2D eigenvalue weighted by Gasteiger charge is -2.35. The second kappa shape index (κ2) is 12.7. The molecule has 2 aliphatic heterocycles. The smallest absolute Gasteiger partial charge is 0.341 e. The van der Waals surface area contributed by atoms with Crippen molar-refractivity contribution >= 4 is 40.6 Å². The van der Waals surface area contributed by atoms with Gasteiger partial charge in [0.2, 0.25) is 0 Å². The fraction of sp³-hybridized carbons (Fsp3) is 0.500. The van der Waals surface area contributed by atoms with Gasteiger partial charge in [0.15, 0.2) is 0 Å². The minimum atomic E-state index is -0.385. The lowest BCUT2D eigenvalue weighted by Crippen LogP contribution is -2.44. The van der Waals surface area contributed by atoms with E-state index in [2.05, 4.69) is 34.6 Å². The van der Waals surface area contributed by atoms with Crippen LogP contribution in [0.2, 0.25) is 0 Å². The third-order valence-corrected chi connectivity index (χ3v) is 10.1. The maximum absolute atomic E-state index is 14.0. The average Bonchev–Trinajstić information content (AvgIpc) is 2.99. The van der Waals surface area contributed by atoms with Gasteiger partial charge in [0.1, 0.15) is 11.3 Å². The van der Waals surface area contributed by atoms with E-state index in [4.69, 9.17) is 9.15 Å². The minimum absolute atomic E-state index is 0.0327. The van der Waals surface area contributed by atoms with Gasteiger partial charge >= 0.3 is 5.63 Å². The molecule has 240 valence electrons. The summed E-state index contributed by atoms with van der Waals surface area (Å²) in [6.45, 7) is 10.5. The number of hydrogen-bond acceptors (Lipinski definition) is 9. The third kappa shape index (κ3) is 6.05. The Bertz CT molecular complexity index is 1710. The van der Waals surface area contributed by atoms with E-state index in [1.165, 1.54) is 12.1 Å². The molecular formula is C34H43N5O5S. The van der Waals surface area contributed by atoms with Crippen molar-refractivity contribution in [1.82, 2.24) is 18.8 Å². The number of fused-ring (bicyclic) bond motifs is 3. The maximum Gasteiger partial charge on any atom is 0.341 e. The number of hydrogen-bond donors (Lipinski definition) is 1. The van der Waals surface area contributed by atoms with E-state index in [0.717, 1.165) is 73.2 Å². The fourth-order valence-corrected chi connectivity index (χ4v) is 6.94. The highest BCUT2D eigenvalue weighted by Gasteiger charge is 2.31. The summed E-state index contributed by atoms with van der Waals surface area (Å²) < 4.78 is 17.0. The first-order valence-electron chi connectivity index (χ1n) is 15.8. The zero-order valence-electron chi connectivity index (χ0n) is 27.1. The number of piperazine rings is 1. The normalized spacial score (nSPS) is 17.4. The molecule has 11 heteroatoms. The molecule has 0 bridgehead atoms. The first-order chi connectivity index (χ1) is 21.5. The third-order valence-electron chi connectivity index (χ3n) is 9.46. The van der Waals surface area contributed by atoms with Gasteiger partial charge < -0.3 is 23.9 Å². The van der Waals surface area contributed by atoms with Crippen molar-refractivity contribution in [2.45, 2.75) is 59.1 Å². The summed E-state index contributed by atoms with van der Waals surface area (Å²) in [7, 11) is 5.83. The predicted octanol–water partition coefficient (Wildman–Crippen LogP) is 4.45. The molecule has 10 nitrogen and oxygen atoms in total. The van der Waals surface area contributed by atoms with Gasteiger partial charge in [-0.1, -0.05) is 0 Å². The van der Waals surface area contributed by atoms with Crippen LogP contribution < -0.4 is 20.0 Å². The fourth-order valence-electron chi connectivity index (χ4n) is 6.57. The topological polar surface area (TPSA) is 98.6 Å². The number of benzene rings is 2. The van der Waals surface area contributed by atoms with E-state index in [1.807, 2.05) is 27.9 Å². The van der Waals surface area contributed by atoms with Crippen molar-refractivity contribution in [2.75, 3.05) is 58.8 Å². The van der Waals surface area contributed by atoms with E-state index in [9.17, 15) is 14.4 Å². The highest BCUT2D eigenvalue weighted by atomic mass is 32.2. The molecule has 0 spiro atoms. The van der Waals surface area contributed by atoms with Crippen molar-refractivity contribution < 1.29 is 18.7 Å². The highest BCUT2D eigenvalue weighted by Crippen LogP contribution is 2.37. The first-order valence-corrected chi connectivity index (χ1v) is 16.6. The van der Waals surface area contributed by atoms with Crippen LogP contribution in [0.25, 0.3) is 11.0 Å². The molecule has 0 unspecified atom stereocenters. The lowest BCUT2D eigenvalue weighted by molar-refractivity contribution is 0.0728. The molecule has 1 N–H and O–H groups in total. The van der Waals surface area contributed by atoms with Gasteiger partial charge in [0.25, 0.3) is 11.8 Å². The standard InChI is InChI=1S/C34H43N5O5S/c1-20-18-28(38-16-14-37(6)15-17-38)22(3)31-29(20)25-12-13-39(19-27(25)34(42)44-31)33(41)24-10-11-26(32(40)35-45-36(4)5)30(21(24)2)43-23-8-7-9-23/h10-11,18,23H,7-9,12-17,19H2,1-6H3,(H,35,40). The number of carbonyl (C=O) groups is 2. The molecular weight excluding hydrogens is 590 g/mol. The molecule has 3 aliphatic rings. The number of carbonyl (C=O) groups excluding carboxylic acids is 2. The second-order valence-corrected chi connectivity index (χ2v) is 13.9. The summed E-state index contributed by atoms with van der Waals surface area (Å²) in [5.41, 5.74) is 6.49. The molecule has 2 amide bonds. The van der Waals surface area contributed by atoms with Crippen LogP contribution in [0.3, 0.4) is 0 Å². The Balaban J connectivity index is 1.30. The number of nitrogens with one attached hydrogen (secondary N) is 1. The number of rotatable bonds is 7. The highest BCUT2D eigenvalue weighted by molar-refractivity contribution is 7.95. The van der Waals surface area contributed by atoms with Gasteiger partial charge in [0.05, 0.1) is 23.8 Å². The predicted molar refractivity (Wildman–Crippen MR) is 178 cm³/mol. The SMILES string of the molecule is Cc1c(C(=O)N2CCc3c(c(=O)oc4c(C)c(N5CCN(C)CC5)cc(C)c34)C2)ccc(C(=O)NSN(C)C)c1OC1CCC1. The molecule has 3 heterocycles. The Hall–Kier alpha value is -3.54. The number of anilines is 1. The first kappa shape index (κ1) is 31.4. The summed E-state index contributed by atoms with van der Waals surface area (Å²) in [5, 5.41) is 0.991. The van der Waals surface area contributed by atoms with Gasteiger partial charge in [0, 0.05) is 72.6 Å². The molecule has 0 radical (unpaired) electrons. The van der Waals surface area contributed by atoms with Crippen molar-refractivity contribution in [1.29, 1.82) is 0 Å². The number of ether oxygens (including phenoxy) is 1. The van der Waals surface area contributed by atoms with Crippen LogP contribution in [0.1, 0.15) is 67.8 Å². The Morgan fingerprint density at radius 3 is 2.38 bits per heavy atom. The van der Waals surface area contributed by atoms with Crippen LogP contribution in [0, 0.1) is 20.8 Å². The Morgan fingerprint density at radius 2 is 1.71 bits per heavy atom. The maximum atomic E-state index is 14.0. The van der Waals surface area contributed by atoms with Gasteiger partial charge in [-0.3, -0.25) is 14.3 Å². The second-order valence-electron chi connectivity index (χ2n) is 12.8. The molecule has 2 fully saturated rings. The molecule has 2 aromatic carbocycles. The summed E-state index contributed by atoms with van der Waals surface area (Å²) in [5.74, 6) is -0.0143. The minimum Gasteiger partial charge on any atom is -0.489 e. The molecule has 1 aromatic heterocycles. The van der Waals surface area contributed by atoms with Crippen LogP contribution in [0.5, 0.6) is 5.75 Å². The molecule has 6 rings (SSSR count). The van der Waals surface area contributed by atoms with Crippen molar-refractivity contribution in [3.63, 3.8) is 0 Å². The Kier molecular flexibility index (Phi) is 8.87. The number of amides is 2. The van der Waals surface area contributed by atoms with Gasteiger partial charge in [-0.05, 0) is 96.9 Å². The van der Waals surface area contributed by atoms with Crippen LogP contribution >= 0.6 is 12.1 Å². The lowest BCUT2D eigenvalue weighted by atomic mass is 9.92. The van der Waals surface area contributed by atoms with Gasteiger partial charge in [-0.2, -0.15) is 0 Å². The van der Waals surface area contributed by atoms with E-state index in [0.29, 0.717) is 46.6 Å². The number of aryl methyl sites for hydroxylation is 2. The average molecular weight is 634 g/mol. The van der Waals surface area contributed by atoms with Gasteiger partial charge in [-0.25, -0.2) is 9.10 Å². The zero-order chi connectivity index (χ0) is 32.0. The quantitative estimate of drug-likeness (QED) is 0.299. The molecule has 3 aromatic rings. The zero-order valence-corrected chi connectivity index (χ0v) is 27.9. The van der Waals surface area contributed by atoms with E-state index in [1.54, 1.807) is 21.3 Å². The Labute approximate surface area is 268 Å². The van der Waals surface area contributed by atoms with E-state index < -0.39 is 0 Å². The van der Waals surface area contributed by atoms with E-state index >= 15 is 0 Å². The van der Waals surface area contributed by atoms with Crippen LogP contribution in [-0.4, -0.2) is 85.9 Å². The molecule has 0 atom stereocenters. The Morgan fingerprint density at radius 1 is 1.00 bits per heavy atom. The summed E-state index contributed by atoms with van der Waals surface area (Å²) in [6, 6.07) is 5.60. The molecule has 1 aliphatic carbocycles. The largest absolute Gasteiger partial charge is 0.489 e. The van der Waals surface area contributed by atoms with Crippen LogP contribution in [-0.2, 0) is 13.0 Å². The molecule has 45 heavy (non-hydrogen) atoms. The van der Waals surface area contributed by atoms with Crippen LogP contribution in [0.15, 0.2) is 27.4 Å². The monoisotopic (exact) mass is 633 g/mol. The summed E-state index contributed by atoms with van der Waals surface area (Å²) >= 11 is 1.19.